The lowest BCUT2D eigenvalue weighted by molar-refractivity contribution is 0.669. The maximum absolute atomic E-state index is 6.13. The van der Waals surface area contributed by atoms with Crippen molar-refractivity contribution in [3.8, 4) is 62.1 Å². The smallest absolute Gasteiger partial charge is 0.164 e. The zero-order chi connectivity index (χ0) is 37.0. The average molecular weight is 717 g/mol. The van der Waals surface area contributed by atoms with Gasteiger partial charge in [0.05, 0.1) is 11.0 Å². The van der Waals surface area contributed by atoms with E-state index in [1.807, 2.05) is 78.9 Å². The Kier molecular flexibility index (Phi) is 7.42. The molecule has 11 aromatic rings. The van der Waals surface area contributed by atoms with E-state index in [0.717, 1.165) is 77.6 Å². The predicted molar refractivity (Wildman–Crippen MR) is 229 cm³/mol. The van der Waals surface area contributed by atoms with Crippen molar-refractivity contribution in [3.63, 3.8) is 0 Å². The molecule has 0 spiro atoms. The van der Waals surface area contributed by atoms with Gasteiger partial charge in [-0.05, 0) is 70.8 Å². The van der Waals surface area contributed by atoms with Crippen molar-refractivity contribution in [2.45, 2.75) is 0 Å². The van der Waals surface area contributed by atoms with Crippen LogP contribution >= 0.6 is 0 Å². The molecule has 0 atom stereocenters. The third-order valence-corrected chi connectivity index (χ3v) is 10.7. The molecule has 11 rings (SSSR count). The molecule has 0 aliphatic heterocycles. The number of aromatic nitrogens is 4. The van der Waals surface area contributed by atoms with Crippen LogP contribution in [0.2, 0.25) is 0 Å². The summed E-state index contributed by atoms with van der Waals surface area (Å²) in [6.45, 7) is 0. The molecule has 0 aliphatic carbocycles. The highest BCUT2D eigenvalue weighted by Gasteiger charge is 2.18. The van der Waals surface area contributed by atoms with Crippen molar-refractivity contribution in [2.24, 2.45) is 0 Å². The fourth-order valence-electron chi connectivity index (χ4n) is 8.01. The van der Waals surface area contributed by atoms with E-state index in [0.29, 0.717) is 17.5 Å². The molecule has 5 heteroatoms. The van der Waals surface area contributed by atoms with Gasteiger partial charge in [0, 0.05) is 43.9 Å². The highest BCUT2D eigenvalue weighted by molar-refractivity contribution is 6.11. The number of hydrogen-bond donors (Lipinski definition) is 0. The minimum Gasteiger partial charge on any atom is -0.456 e. The first-order valence-electron chi connectivity index (χ1n) is 18.8. The SMILES string of the molecule is c1ccc(-c2nc(-c3ccccc3)nc(-c3ccccc3-c3cccc(-n4c5ccccc5c5cc(-c6ccc7oc8ccccc8c7c6)ccc54)c3)n2)cc1. The molecule has 0 N–H and O–H groups in total. The number of benzene rings is 8. The second-order valence-electron chi connectivity index (χ2n) is 14.0. The van der Waals surface area contributed by atoms with Gasteiger partial charge in [0.25, 0.3) is 0 Å². The topological polar surface area (TPSA) is 56.7 Å². The molecule has 0 fully saturated rings. The molecule has 0 saturated heterocycles. The molecule has 8 aromatic carbocycles. The van der Waals surface area contributed by atoms with Crippen LogP contribution in [-0.4, -0.2) is 19.5 Å². The first-order chi connectivity index (χ1) is 27.7. The van der Waals surface area contributed by atoms with Crippen molar-refractivity contribution in [1.82, 2.24) is 19.5 Å². The van der Waals surface area contributed by atoms with Crippen LogP contribution in [0, 0.1) is 0 Å². The van der Waals surface area contributed by atoms with E-state index in [1.54, 1.807) is 0 Å². The number of nitrogens with zero attached hydrogens (tertiary/aromatic N) is 4. The summed E-state index contributed by atoms with van der Waals surface area (Å²) >= 11 is 0. The van der Waals surface area contributed by atoms with Crippen LogP contribution in [0.15, 0.2) is 199 Å². The fraction of sp³-hybridized carbons (Fsp3) is 0. The van der Waals surface area contributed by atoms with Crippen LogP contribution < -0.4 is 0 Å². The van der Waals surface area contributed by atoms with Crippen molar-refractivity contribution in [2.75, 3.05) is 0 Å². The van der Waals surface area contributed by atoms with Crippen molar-refractivity contribution >= 4 is 43.7 Å². The van der Waals surface area contributed by atoms with Gasteiger partial charge in [0.1, 0.15) is 11.2 Å². The second kappa shape index (κ2) is 13.0. The molecule has 0 saturated carbocycles. The molecule has 0 unspecified atom stereocenters. The van der Waals surface area contributed by atoms with Gasteiger partial charge in [-0.1, -0.05) is 146 Å². The standard InChI is InChI=1S/C51H32N4O/c1-3-14-33(15-4-1)49-52-50(34-16-5-2-6-17-34)54-51(53-49)42-23-8-7-20-39(42)37-18-13-19-38(30-37)55-45-24-11-9-21-40(45)43-31-35(26-28-46(43)55)36-27-29-48-44(32-36)41-22-10-12-25-47(41)56-48/h1-32H. The zero-order valence-corrected chi connectivity index (χ0v) is 30.2. The molecule has 3 heterocycles. The van der Waals surface area contributed by atoms with Crippen LogP contribution in [0.5, 0.6) is 0 Å². The normalized spacial score (nSPS) is 11.6. The predicted octanol–water partition coefficient (Wildman–Crippen LogP) is 13.2. The molecule has 5 nitrogen and oxygen atoms in total. The van der Waals surface area contributed by atoms with Gasteiger partial charge in [-0.3, -0.25) is 0 Å². The van der Waals surface area contributed by atoms with Crippen molar-refractivity contribution < 1.29 is 4.42 Å². The van der Waals surface area contributed by atoms with E-state index < -0.39 is 0 Å². The molecule has 3 aromatic heterocycles. The third-order valence-electron chi connectivity index (χ3n) is 10.7. The molecular weight excluding hydrogens is 685 g/mol. The monoisotopic (exact) mass is 716 g/mol. The summed E-state index contributed by atoms with van der Waals surface area (Å²) < 4.78 is 8.50. The quantitative estimate of drug-likeness (QED) is 0.172. The summed E-state index contributed by atoms with van der Waals surface area (Å²) in [6.07, 6.45) is 0. The van der Waals surface area contributed by atoms with E-state index in [4.69, 9.17) is 19.4 Å². The van der Waals surface area contributed by atoms with Gasteiger partial charge in [0.15, 0.2) is 17.5 Å². The first-order valence-corrected chi connectivity index (χ1v) is 18.8. The zero-order valence-electron chi connectivity index (χ0n) is 30.2. The van der Waals surface area contributed by atoms with Gasteiger partial charge in [-0.2, -0.15) is 0 Å². The lowest BCUT2D eigenvalue weighted by Crippen LogP contribution is -2.01. The van der Waals surface area contributed by atoms with Gasteiger partial charge < -0.3 is 8.98 Å². The summed E-state index contributed by atoms with van der Waals surface area (Å²) in [7, 11) is 0. The van der Waals surface area contributed by atoms with Gasteiger partial charge in [-0.25, -0.2) is 15.0 Å². The lowest BCUT2D eigenvalue weighted by Gasteiger charge is -2.14. The van der Waals surface area contributed by atoms with E-state index in [1.165, 1.54) is 10.8 Å². The molecule has 56 heavy (non-hydrogen) atoms. The molecule has 262 valence electrons. The number of fused-ring (bicyclic) bond motifs is 6. The fourth-order valence-corrected chi connectivity index (χ4v) is 8.01. The average Bonchev–Trinajstić information content (AvgIpc) is 3.82. The Bertz CT molecular complexity index is 3200. The summed E-state index contributed by atoms with van der Waals surface area (Å²) in [5, 5.41) is 4.67. The van der Waals surface area contributed by atoms with Crippen molar-refractivity contribution in [3.05, 3.63) is 194 Å². The number of hydrogen-bond acceptors (Lipinski definition) is 4. The Morgan fingerprint density at radius 1 is 0.321 bits per heavy atom. The Labute approximate surface area is 322 Å². The number of furan rings is 1. The maximum atomic E-state index is 6.13. The van der Waals surface area contributed by atoms with Crippen LogP contribution in [0.4, 0.5) is 0 Å². The van der Waals surface area contributed by atoms with Crippen LogP contribution in [-0.2, 0) is 0 Å². The van der Waals surface area contributed by atoms with E-state index in [9.17, 15) is 0 Å². The first kappa shape index (κ1) is 31.9. The second-order valence-corrected chi connectivity index (χ2v) is 14.0. The minimum atomic E-state index is 0.629. The van der Waals surface area contributed by atoms with Gasteiger partial charge >= 0.3 is 0 Å². The number of rotatable bonds is 6. The van der Waals surface area contributed by atoms with Crippen LogP contribution in [0.3, 0.4) is 0 Å². The Morgan fingerprint density at radius 3 is 1.64 bits per heavy atom. The summed E-state index contributed by atoms with van der Waals surface area (Å²) in [6, 6.07) is 67.6. The largest absolute Gasteiger partial charge is 0.456 e. The molecule has 0 amide bonds. The third kappa shape index (κ3) is 5.37. The molecular formula is C51H32N4O. The van der Waals surface area contributed by atoms with Gasteiger partial charge in [0.2, 0.25) is 0 Å². The Hall–Kier alpha value is -7.63. The van der Waals surface area contributed by atoms with Gasteiger partial charge in [-0.15, -0.1) is 0 Å². The van der Waals surface area contributed by atoms with Crippen LogP contribution in [0.25, 0.3) is 106 Å². The Balaban J connectivity index is 1.04. The van der Waals surface area contributed by atoms with E-state index in [2.05, 4.69) is 120 Å². The lowest BCUT2D eigenvalue weighted by atomic mass is 9.98. The van der Waals surface area contributed by atoms with Crippen molar-refractivity contribution in [1.29, 1.82) is 0 Å². The minimum absolute atomic E-state index is 0.629. The van der Waals surface area contributed by atoms with E-state index >= 15 is 0 Å². The Morgan fingerprint density at radius 2 is 0.875 bits per heavy atom. The van der Waals surface area contributed by atoms with Crippen LogP contribution in [0.1, 0.15) is 0 Å². The highest BCUT2D eigenvalue weighted by Crippen LogP contribution is 2.39. The summed E-state index contributed by atoms with van der Waals surface area (Å²) in [5.41, 5.74) is 12.4. The molecule has 0 radical (unpaired) electrons. The van der Waals surface area contributed by atoms with E-state index in [-0.39, 0.29) is 0 Å². The molecule has 0 aliphatic rings. The highest BCUT2D eigenvalue weighted by atomic mass is 16.3. The summed E-state index contributed by atoms with van der Waals surface area (Å²) in [5.74, 6) is 1.91. The molecule has 0 bridgehead atoms. The maximum Gasteiger partial charge on any atom is 0.164 e. The number of para-hydroxylation sites is 2. The summed E-state index contributed by atoms with van der Waals surface area (Å²) in [4.78, 5) is 15.1.